The number of rotatable bonds is 6. The molecule has 3 heterocycles. The van der Waals surface area contributed by atoms with Crippen molar-refractivity contribution < 1.29 is 18.6 Å². The van der Waals surface area contributed by atoms with Crippen LogP contribution in [0.25, 0.3) is 0 Å². The highest BCUT2D eigenvalue weighted by Crippen LogP contribution is 2.40. The van der Waals surface area contributed by atoms with E-state index in [2.05, 4.69) is 26.7 Å². The SMILES string of the molecule is CC1(Oc2ccc(N)c(C(=[NH2+])c3cc(N4CCN(C5CCS(=O)(=O)C5)CC4)ncn3)c2)CC1. The van der Waals surface area contributed by atoms with Gasteiger partial charge in [-0.25, -0.2) is 18.4 Å². The van der Waals surface area contributed by atoms with E-state index in [9.17, 15) is 8.42 Å². The lowest BCUT2D eigenvalue weighted by atomic mass is 10.0. The number of benzene rings is 1. The zero-order valence-corrected chi connectivity index (χ0v) is 19.7. The van der Waals surface area contributed by atoms with Crippen LogP contribution in [0.3, 0.4) is 0 Å². The molecule has 1 saturated carbocycles. The Morgan fingerprint density at radius 2 is 1.94 bits per heavy atom. The molecule has 1 aliphatic carbocycles. The molecule has 2 aromatic rings. The topological polar surface area (TPSA) is 127 Å². The van der Waals surface area contributed by atoms with Gasteiger partial charge in [0.2, 0.25) is 5.71 Å². The third-order valence-corrected chi connectivity index (χ3v) is 8.68. The fraction of sp³-hybridized carbons (Fsp3) is 0.522. The Labute approximate surface area is 194 Å². The molecular formula is C23H31N6O3S+. The van der Waals surface area contributed by atoms with Crippen LogP contribution in [0, 0.1) is 0 Å². The van der Waals surface area contributed by atoms with Crippen LogP contribution in [-0.4, -0.2) is 78.3 Å². The lowest BCUT2D eigenvalue weighted by molar-refractivity contribution is -0.111. The number of ether oxygens (including phenoxy) is 1. The number of nitrogens with two attached hydrogens (primary N) is 2. The molecule has 4 N–H and O–H groups in total. The number of piperazine rings is 1. The standard InChI is InChI=1S/C23H30N6O3S/c1-23(5-6-23)32-17-2-3-19(24)18(12-17)22(25)20-13-21(27-15-26-20)29-9-7-28(8-10-29)16-4-11-33(30,31)14-16/h2-3,12-13,15-16,25H,4-11,14,24H2,1H3/p+1. The van der Waals surface area contributed by atoms with Crippen LogP contribution in [0.15, 0.2) is 30.6 Å². The largest absolute Gasteiger partial charge is 0.488 e. The van der Waals surface area contributed by atoms with E-state index in [0.717, 1.165) is 57.0 Å². The van der Waals surface area contributed by atoms with Crippen LogP contribution in [-0.2, 0) is 9.84 Å². The van der Waals surface area contributed by atoms with Crippen molar-refractivity contribution in [1.29, 1.82) is 0 Å². The second-order valence-electron chi connectivity index (χ2n) is 9.56. The molecule has 3 fully saturated rings. The Balaban J connectivity index is 1.28. The number of hydrogen-bond acceptors (Lipinski definition) is 8. The summed E-state index contributed by atoms with van der Waals surface area (Å²) in [5.74, 6) is 2.13. The summed E-state index contributed by atoms with van der Waals surface area (Å²) in [5, 5.41) is 6.50. The number of sulfone groups is 1. The van der Waals surface area contributed by atoms with Crippen molar-refractivity contribution in [3.63, 3.8) is 0 Å². The zero-order chi connectivity index (χ0) is 23.2. The summed E-state index contributed by atoms with van der Waals surface area (Å²) >= 11 is 0. The van der Waals surface area contributed by atoms with Crippen LogP contribution < -0.4 is 20.8 Å². The minimum absolute atomic E-state index is 0.0882. The molecule has 1 aromatic heterocycles. The van der Waals surface area contributed by atoms with E-state index < -0.39 is 9.84 Å². The lowest BCUT2D eigenvalue weighted by Crippen LogP contribution is -2.51. The number of hydrogen-bond donors (Lipinski definition) is 2. The predicted octanol–water partition coefficient (Wildman–Crippen LogP) is -0.104. The second kappa shape index (κ2) is 8.25. The van der Waals surface area contributed by atoms with Crippen molar-refractivity contribution in [3.05, 3.63) is 41.9 Å². The minimum Gasteiger partial charge on any atom is -0.488 e. The Kier molecular flexibility index (Phi) is 5.52. The van der Waals surface area contributed by atoms with Gasteiger partial charge in [0, 0.05) is 44.0 Å². The Morgan fingerprint density at radius 1 is 1.18 bits per heavy atom. The van der Waals surface area contributed by atoms with Crippen molar-refractivity contribution in [2.24, 2.45) is 0 Å². The van der Waals surface area contributed by atoms with E-state index in [1.54, 1.807) is 0 Å². The summed E-state index contributed by atoms with van der Waals surface area (Å²) in [5.41, 5.74) is 8.51. The van der Waals surface area contributed by atoms with Crippen LogP contribution >= 0.6 is 0 Å². The molecule has 1 unspecified atom stereocenters. The third kappa shape index (κ3) is 4.81. The summed E-state index contributed by atoms with van der Waals surface area (Å²) in [4.78, 5) is 13.3. The summed E-state index contributed by atoms with van der Waals surface area (Å²) in [6.45, 7) is 5.26. The minimum atomic E-state index is -2.88. The number of aromatic nitrogens is 2. The molecule has 0 amide bonds. The van der Waals surface area contributed by atoms with Crippen molar-refractivity contribution in [2.75, 3.05) is 48.3 Å². The quantitative estimate of drug-likeness (QED) is 0.442. The predicted molar refractivity (Wildman–Crippen MR) is 127 cm³/mol. The summed E-state index contributed by atoms with van der Waals surface area (Å²) in [6.07, 6.45) is 4.35. The Bertz CT molecular complexity index is 1170. The summed E-state index contributed by atoms with van der Waals surface area (Å²) in [6, 6.07) is 7.59. The Hall–Kier alpha value is -2.72. The van der Waals surface area contributed by atoms with Crippen LogP contribution in [0.4, 0.5) is 11.5 Å². The van der Waals surface area contributed by atoms with Crippen molar-refractivity contribution in [1.82, 2.24) is 14.9 Å². The molecule has 176 valence electrons. The smallest absolute Gasteiger partial charge is 0.232 e. The van der Waals surface area contributed by atoms with Gasteiger partial charge in [0.05, 0.1) is 17.1 Å². The molecule has 2 saturated heterocycles. The molecule has 5 rings (SSSR count). The molecule has 3 aliphatic rings. The van der Waals surface area contributed by atoms with Gasteiger partial charge in [-0.3, -0.25) is 10.3 Å². The van der Waals surface area contributed by atoms with Gasteiger partial charge in [-0.1, -0.05) is 0 Å². The van der Waals surface area contributed by atoms with Gasteiger partial charge in [-0.2, -0.15) is 0 Å². The molecule has 0 bridgehead atoms. The van der Waals surface area contributed by atoms with E-state index in [4.69, 9.17) is 15.9 Å². The third-order valence-electron chi connectivity index (χ3n) is 6.92. The van der Waals surface area contributed by atoms with Crippen molar-refractivity contribution >= 4 is 27.1 Å². The summed E-state index contributed by atoms with van der Waals surface area (Å²) < 4.78 is 29.7. The maximum atomic E-state index is 11.8. The van der Waals surface area contributed by atoms with Crippen molar-refractivity contribution in [2.45, 2.75) is 37.8 Å². The molecule has 33 heavy (non-hydrogen) atoms. The Morgan fingerprint density at radius 3 is 2.61 bits per heavy atom. The average molecular weight is 472 g/mol. The van der Waals surface area contributed by atoms with Crippen LogP contribution in [0.1, 0.15) is 37.4 Å². The molecule has 0 radical (unpaired) electrons. The van der Waals surface area contributed by atoms with Gasteiger partial charge in [-0.15, -0.1) is 0 Å². The highest BCUT2D eigenvalue weighted by molar-refractivity contribution is 7.91. The van der Waals surface area contributed by atoms with Gasteiger partial charge >= 0.3 is 0 Å². The molecule has 2 aliphatic heterocycles. The van der Waals surface area contributed by atoms with E-state index in [-0.39, 0.29) is 17.4 Å². The van der Waals surface area contributed by atoms with Crippen LogP contribution in [0.5, 0.6) is 5.75 Å². The fourth-order valence-corrected chi connectivity index (χ4v) is 6.34. The zero-order valence-electron chi connectivity index (χ0n) is 18.9. The maximum absolute atomic E-state index is 11.8. The van der Waals surface area contributed by atoms with Gasteiger partial charge in [0.1, 0.15) is 29.2 Å². The highest BCUT2D eigenvalue weighted by Gasteiger charge is 2.40. The first-order chi connectivity index (χ1) is 15.7. The molecule has 10 heteroatoms. The molecule has 9 nitrogen and oxygen atoms in total. The van der Waals surface area contributed by atoms with E-state index in [1.807, 2.05) is 24.3 Å². The second-order valence-corrected chi connectivity index (χ2v) is 11.8. The van der Waals surface area contributed by atoms with E-state index in [1.165, 1.54) is 6.33 Å². The lowest BCUT2D eigenvalue weighted by Gasteiger charge is -2.38. The first-order valence-electron chi connectivity index (χ1n) is 11.4. The van der Waals surface area contributed by atoms with Gasteiger partial charge in [-0.05, 0) is 44.4 Å². The molecule has 1 aromatic carbocycles. The molecule has 0 spiro atoms. The van der Waals surface area contributed by atoms with E-state index >= 15 is 0 Å². The number of nitrogen functional groups attached to an aromatic ring is 1. The van der Waals surface area contributed by atoms with E-state index in [0.29, 0.717) is 28.4 Å². The van der Waals surface area contributed by atoms with Gasteiger partial charge in [0.15, 0.2) is 9.84 Å². The first-order valence-corrected chi connectivity index (χ1v) is 13.3. The normalized spacial score (nSPS) is 23.9. The van der Waals surface area contributed by atoms with Gasteiger partial charge < -0.3 is 15.4 Å². The first kappa shape index (κ1) is 22.1. The maximum Gasteiger partial charge on any atom is 0.232 e. The average Bonchev–Trinajstić information content (AvgIpc) is 3.42. The number of nitrogens with zero attached hydrogens (tertiary/aromatic N) is 4. The summed E-state index contributed by atoms with van der Waals surface area (Å²) in [7, 11) is -2.88. The monoisotopic (exact) mass is 471 g/mol. The molecule has 1 atom stereocenters. The fourth-order valence-electron chi connectivity index (χ4n) is 4.58. The van der Waals surface area contributed by atoms with Crippen LogP contribution in [0.2, 0.25) is 0 Å². The highest BCUT2D eigenvalue weighted by atomic mass is 32.2. The van der Waals surface area contributed by atoms with Gasteiger partial charge in [0.25, 0.3) is 0 Å². The van der Waals surface area contributed by atoms with Crippen molar-refractivity contribution in [3.8, 4) is 5.75 Å². The molecular weight excluding hydrogens is 440 g/mol. The number of anilines is 2.